The first-order chi connectivity index (χ1) is 10.5. The number of hydrogen-bond acceptors (Lipinski definition) is 2. The molecule has 22 heavy (non-hydrogen) atoms. The quantitative estimate of drug-likeness (QED) is 0.734. The number of nitrogen functional groups attached to an aromatic ring is 1. The summed E-state index contributed by atoms with van der Waals surface area (Å²) in [6.45, 7) is 7.56. The molecule has 0 aliphatic carbocycles. The number of aromatic nitrogens is 2. The van der Waals surface area contributed by atoms with E-state index < -0.39 is 0 Å². The van der Waals surface area contributed by atoms with E-state index in [2.05, 4.69) is 55.7 Å². The van der Waals surface area contributed by atoms with Gasteiger partial charge in [0, 0.05) is 18.7 Å². The zero-order valence-electron chi connectivity index (χ0n) is 13.5. The van der Waals surface area contributed by atoms with Crippen molar-refractivity contribution in [2.75, 3.05) is 5.73 Å². The fourth-order valence-corrected chi connectivity index (χ4v) is 2.79. The molecule has 3 rings (SSSR count). The van der Waals surface area contributed by atoms with Crippen LogP contribution in [-0.4, -0.2) is 9.55 Å². The van der Waals surface area contributed by atoms with Gasteiger partial charge in [-0.1, -0.05) is 43.7 Å². The Hall–Kier alpha value is -2.29. The maximum atomic E-state index is 5.90. The van der Waals surface area contributed by atoms with E-state index in [4.69, 9.17) is 10.7 Å². The van der Waals surface area contributed by atoms with Gasteiger partial charge in [-0.05, 0) is 36.6 Å². The Morgan fingerprint density at radius 1 is 1.09 bits per heavy atom. The van der Waals surface area contributed by atoms with Crippen molar-refractivity contribution in [2.45, 2.75) is 33.7 Å². The van der Waals surface area contributed by atoms with Crippen molar-refractivity contribution < 1.29 is 0 Å². The van der Waals surface area contributed by atoms with Gasteiger partial charge in [-0.3, -0.25) is 0 Å². The number of fused-ring (bicyclic) bond motifs is 1. The molecule has 0 unspecified atom stereocenters. The lowest BCUT2D eigenvalue weighted by Crippen LogP contribution is -2.09. The molecule has 0 radical (unpaired) electrons. The molecular formula is C19H23N3. The fraction of sp³-hybridized carbons (Fsp3) is 0.316. The Morgan fingerprint density at radius 3 is 2.50 bits per heavy atom. The van der Waals surface area contributed by atoms with Crippen molar-refractivity contribution in [1.82, 2.24) is 9.55 Å². The number of rotatable bonds is 4. The van der Waals surface area contributed by atoms with Crippen LogP contribution < -0.4 is 5.73 Å². The molecule has 114 valence electrons. The summed E-state index contributed by atoms with van der Waals surface area (Å²) < 4.78 is 2.33. The maximum absolute atomic E-state index is 5.90. The summed E-state index contributed by atoms with van der Waals surface area (Å²) in [6, 6.07) is 14.7. The topological polar surface area (TPSA) is 43.8 Å². The van der Waals surface area contributed by atoms with Gasteiger partial charge in [-0.25, -0.2) is 4.98 Å². The lowest BCUT2D eigenvalue weighted by molar-refractivity contribution is 0.520. The minimum Gasteiger partial charge on any atom is -0.399 e. The first kappa shape index (κ1) is 14.6. The van der Waals surface area contributed by atoms with Crippen molar-refractivity contribution in [3.05, 3.63) is 59.4 Å². The number of hydrogen-bond donors (Lipinski definition) is 1. The van der Waals surface area contributed by atoms with Crippen LogP contribution in [0.25, 0.3) is 11.0 Å². The van der Waals surface area contributed by atoms with E-state index >= 15 is 0 Å². The van der Waals surface area contributed by atoms with Crippen LogP contribution in [0.15, 0.2) is 42.5 Å². The van der Waals surface area contributed by atoms with E-state index in [0.29, 0.717) is 5.92 Å². The SMILES string of the molecule is Cc1ccc(Cc2nc3cc(N)ccc3n2CC(C)C)cc1. The van der Waals surface area contributed by atoms with Gasteiger partial charge in [0.05, 0.1) is 11.0 Å². The predicted molar refractivity (Wildman–Crippen MR) is 93.0 cm³/mol. The van der Waals surface area contributed by atoms with E-state index in [0.717, 1.165) is 30.0 Å². The molecule has 1 aromatic heterocycles. The molecule has 3 aromatic rings. The summed E-state index contributed by atoms with van der Waals surface area (Å²) in [5.41, 5.74) is 11.4. The van der Waals surface area contributed by atoms with Crippen LogP contribution in [0, 0.1) is 12.8 Å². The lowest BCUT2D eigenvalue weighted by atomic mass is 10.1. The highest BCUT2D eigenvalue weighted by Crippen LogP contribution is 2.22. The normalized spacial score (nSPS) is 11.5. The van der Waals surface area contributed by atoms with Crippen molar-refractivity contribution in [2.24, 2.45) is 5.92 Å². The molecule has 0 bridgehead atoms. The highest BCUT2D eigenvalue weighted by Gasteiger charge is 2.12. The van der Waals surface area contributed by atoms with E-state index in [-0.39, 0.29) is 0 Å². The Bertz CT molecular complexity index is 782. The minimum atomic E-state index is 0.576. The van der Waals surface area contributed by atoms with Gasteiger partial charge in [-0.2, -0.15) is 0 Å². The molecule has 0 aliphatic rings. The largest absolute Gasteiger partial charge is 0.399 e. The third-order valence-electron chi connectivity index (χ3n) is 3.88. The molecule has 3 nitrogen and oxygen atoms in total. The molecule has 0 saturated carbocycles. The molecule has 2 N–H and O–H groups in total. The first-order valence-corrected chi connectivity index (χ1v) is 7.83. The summed E-state index contributed by atoms with van der Waals surface area (Å²) in [5, 5.41) is 0. The molecule has 0 fully saturated rings. The third kappa shape index (κ3) is 2.98. The molecule has 3 heteroatoms. The minimum absolute atomic E-state index is 0.576. The lowest BCUT2D eigenvalue weighted by Gasteiger charge is -2.12. The summed E-state index contributed by atoms with van der Waals surface area (Å²) in [6.07, 6.45) is 0.849. The molecule has 0 atom stereocenters. The van der Waals surface area contributed by atoms with Gasteiger partial charge >= 0.3 is 0 Å². The van der Waals surface area contributed by atoms with E-state index in [9.17, 15) is 0 Å². The zero-order chi connectivity index (χ0) is 15.7. The van der Waals surface area contributed by atoms with Crippen molar-refractivity contribution >= 4 is 16.7 Å². The van der Waals surface area contributed by atoms with Crippen LogP contribution in [0.5, 0.6) is 0 Å². The van der Waals surface area contributed by atoms with Crippen LogP contribution >= 0.6 is 0 Å². The van der Waals surface area contributed by atoms with Crippen LogP contribution in [0.3, 0.4) is 0 Å². The third-order valence-corrected chi connectivity index (χ3v) is 3.88. The monoisotopic (exact) mass is 293 g/mol. The number of anilines is 1. The van der Waals surface area contributed by atoms with Crippen LogP contribution in [-0.2, 0) is 13.0 Å². The maximum Gasteiger partial charge on any atom is 0.114 e. The molecule has 0 amide bonds. The molecule has 0 aliphatic heterocycles. The fourth-order valence-electron chi connectivity index (χ4n) is 2.79. The van der Waals surface area contributed by atoms with Gasteiger partial charge in [0.1, 0.15) is 5.82 Å². The number of aryl methyl sites for hydroxylation is 1. The molecule has 0 spiro atoms. The second kappa shape index (κ2) is 5.84. The van der Waals surface area contributed by atoms with Crippen LogP contribution in [0.4, 0.5) is 5.69 Å². The van der Waals surface area contributed by atoms with Crippen molar-refractivity contribution in [3.63, 3.8) is 0 Å². The van der Waals surface area contributed by atoms with E-state index in [1.807, 2.05) is 12.1 Å². The Balaban J connectivity index is 2.04. The number of benzene rings is 2. The summed E-state index contributed by atoms with van der Waals surface area (Å²) in [7, 11) is 0. The van der Waals surface area contributed by atoms with Gasteiger partial charge in [-0.15, -0.1) is 0 Å². The van der Waals surface area contributed by atoms with Crippen LogP contribution in [0.2, 0.25) is 0 Å². The highest BCUT2D eigenvalue weighted by molar-refractivity contribution is 5.79. The number of nitrogens with zero attached hydrogens (tertiary/aromatic N) is 2. The van der Waals surface area contributed by atoms with Gasteiger partial charge < -0.3 is 10.3 Å². The zero-order valence-corrected chi connectivity index (χ0v) is 13.5. The van der Waals surface area contributed by atoms with E-state index in [1.54, 1.807) is 0 Å². The number of imidazole rings is 1. The summed E-state index contributed by atoms with van der Waals surface area (Å²) >= 11 is 0. The van der Waals surface area contributed by atoms with Crippen LogP contribution in [0.1, 0.15) is 30.8 Å². The van der Waals surface area contributed by atoms with Gasteiger partial charge in [0.15, 0.2) is 0 Å². The Morgan fingerprint density at radius 2 is 1.82 bits per heavy atom. The first-order valence-electron chi connectivity index (χ1n) is 7.83. The molecular weight excluding hydrogens is 270 g/mol. The number of nitrogens with two attached hydrogens (primary N) is 1. The highest BCUT2D eigenvalue weighted by atomic mass is 15.1. The smallest absolute Gasteiger partial charge is 0.114 e. The molecule has 1 heterocycles. The van der Waals surface area contributed by atoms with Gasteiger partial charge in [0.2, 0.25) is 0 Å². The predicted octanol–water partition coefficient (Wildman–Crippen LogP) is 4.17. The average molecular weight is 293 g/mol. The average Bonchev–Trinajstić information content (AvgIpc) is 2.78. The van der Waals surface area contributed by atoms with Gasteiger partial charge in [0.25, 0.3) is 0 Å². The second-order valence-electron chi connectivity index (χ2n) is 6.44. The standard InChI is InChI=1S/C19H23N3/c1-13(2)12-22-18-9-8-16(20)11-17(18)21-19(22)10-15-6-4-14(3)5-7-15/h4-9,11,13H,10,12,20H2,1-3H3. The summed E-state index contributed by atoms with van der Waals surface area (Å²) in [5.74, 6) is 1.69. The molecule has 0 saturated heterocycles. The van der Waals surface area contributed by atoms with Crippen molar-refractivity contribution in [1.29, 1.82) is 0 Å². The Labute approximate surface area is 131 Å². The Kier molecular flexibility index (Phi) is 3.88. The van der Waals surface area contributed by atoms with E-state index in [1.165, 1.54) is 16.6 Å². The second-order valence-corrected chi connectivity index (χ2v) is 6.44. The summed E-state index contributed by atoms with van der Waals surface area (Å²) in [4.78, 5) is 4.83. The molecule has 2 aromatic carbocycles. The van der Waals surface area contributed by atoms with Crippen molar-refractivity contribution in [3.8, 4) is 0 Å².